The van der Waals surface area contributed by atoms with Gasteiger partial charge >= 0.3 is 0 Å². The van der Waals surface area contributed by atoms with Crippen molar-refractivity contribution < 1.29 is 4.39 Å². The Morgan fingerprint density at radius 3 is 2.60 bits per heavy atom. The molecule has 0 amide bonds. The van der Waals surface area contributed by atoms with Crippen LogP contribution >= 0.6 is 11.6 Å². The van der Waals surface area contributed by atoms with E-state index in [0.717, 1.165) is 0 Å². The van der Waals surface area contributed by atoms with Gasteiger partial charge in [0.1, 0.15) is 11.0 Å². The molecule has 1 aromatic heterocycles. The summed E-state index contributed by atoms with van der Waals surface area (Å²) in [4.78, 5) is 3.86. The Labute approximate surface area is 63.8 Å². The van der Waals surface area contributed by atoms with Crippen molar-refractivity contribution >= 4 is 11.6 Å². The third kappa shape index (κ3) is 1.27. The van der Waals surface area contributed by atoms with Crippen LogP contribution in [0.4, 0.5) is 4.39 Å². The number of pyridine rings is 1. The van der Waals surface area contributed by atoms with Gasteiger partial charge in [0.2, 0.25) is 0 Å². The smallest absolute Gasteiger partial charge is 0.132 e. The zero-order valence-electron chi connectivity index (χ0n) is 5.78. The van der Waals surface area contributed by atoms with Crippen LogP contribution in [-0.4, -0.2) is 4.98 Å². The van der Waals surface area contributed by atoms with Crippen molar-refractivity contribution in [2.75, 3.05) is 0 Å². The van der Waals surface area contributed by atoms with Crippen LogP contribution in [0.5, 0.6) is 0 Å². The molecule has 0 saturated carbocycles. The van der Waals surface area contributed by atoms with E-state index in [9.17, 15) is 4.39 Å². The Balaban J connectivity index is 3.31. The second-order valence-electron chi connectivity index (χ2n) is 2.14. The van der Waals surface area contributed by atoms with Crippen molar-refractivity contribution in [2.45, 2.75) is 13.8 Å². The molecule has 0 aliphatic rings. The first-order valence-electron chi connectivity index (χ1n) is 2.90. The SMILES string of the molecule is Cc1nc(Cl)cc(F)c1C. The maximum Gasteiger partial charge on any atom is 0.132 e. The van der Waals surface area contributed by atoms with E-state index in [1.54, 1.807) is 13.8 Å². The molecular weight excluding hydrogens is 153 g/mol. The number of nitrogens with zero attached hydrogens (tertiary/aromatic N) is 1. The minimum atomic E-state index is -0.294. The molecule has 0 unspecified atom stereocenters. The lowest BCUT2D eigenvalue weighted by atomic mass is 10.2. The zero-order chi connectivity index (χ0) is 7.72. The fraction of sp³-hybridized carbons (Fsp3) is 0.286. The summed E-state index contributed by atoms with van der Waals surface area (Å²) >= 11 is 5.47. The fourth-order valence-electron chi connectivity index (χ4n) is 0.662. The molecule has 1 heterocycles. The van der Waals surface area contributed by atoms with Crippen molar-refractivity contribution in [3.05, 3.63) is 28.3 Å². The first-order chi connectivity index (χ1) is 4.61. The summed E-state index contributed by atoms with van der Waals surface area (Å²) in [6.07, 6.45) is 0. The number of aryl methyl sites for hydroxylation is 1. The topological polar surface area (TPSA) is 12.9 Å². The molecule has 0 aliphatic carbocycles. The Morgan fingerprint density at radius 2 is 2.10 bits per heavy atom. The predicted molar refractivity (Wildman–Crippen MR) is 38.7 cm³/mol. The van der Waals surface area contributed by atoms with Crippen molar-refractivity contribution in [1.29, 1.82) is 0 Å². The van der Waals surface area contributed by atoms with E-state index >= 15 is 0 Å². The lowest BCUT2D eigenvalue weighted by Gasteiger charge is -1.99. The first kappa shape index (κ1) is 7.48. The summed E-state index contributed by atoms with van der Waals surface area (Å²) in [7, 11) is 0. The second kappa shape index (κ2) is 2.54. The molecule has 54 valence electrons. The maximum atomic E-state index is 12.7. The molecule has 1 aromatic rings. The summed E-state index contributed by atoms with van der Waals surface area (Å²) in [5.41, 5.74) is 1.20. The molecule has 0 N–H and O–H groups in total. The fourth-order valence-corrected chi connectivity index (χ4v) is 0.885. The van der Waals surface area contributed by atoms with Gasteiger partial charge in [0, 0.05) is 17.3 Å². The summed E-state index contributed by atoms with van der Waals surface area (Å²) < 4.78 is 12.7. The van der Waals surface area contributed by atoms with Crippen molar-refractivity contribution in [1.82, 2.24) is 4.98 Å². The molecule has 0 aromatic carbocycles. The van der Waals surface area contributed by atoms with Gasteiger partial charge in [0.15, 0.2) is 0 Å². The van der Waals surface area contributed by atoms with Gasteiger partial charge in [-0.25, -0.2) is 9.37 Å². The number of halogens is 2. The molecule has 0 spiro atoms. The Hall–Kier alpha value is -0.630. The van der Waals surface area contributed by atoms with Gasteiger partial charge < -0.3 is 0 Å². The molecule has 0 saturated heterocycles. The third-order valence-corrected chi connectivity index (χ3v) is 1.61. The lowest BCUT2D eigenvalue weighted by molar-refractivity contribution is 0.613. The summed E-state index contributed by atoms with van der Waals surface area (Å²) in [5, 5.41) is 0.209. The van der Waals surface area contributed by atoms with E-state index in [1.165, 1.54) is 6.07 Å². The highest BCUT2D eigenvalue weighted by Gasteiger charge is 2.02. The zero-order valence-corrected chi connectivity index (χ0v) is 6.54. The van der Waals surface area contributed by atoms with E-state index in [4.69, 9.17) is 11.6 Å². The quantitative estimate of drug-likeness (QED) is 0.530. The van der Waals surface area contributed by atoms with Gasteiger partial charge in [-0.1, -0.05) is 11.6 Å². The maximum absolute atomic E-state index is 12.7. The second-order valence-corrected chi connectivity index (χ2v) is 2.52. The number of aromatic nitrogens is 1. The monoisotopic (exact) mass is 159 g/mol. The van der Waals surface area contributed by atoms with E-state index in [1.807, 2.05) is 0 Å². The molecule has 1 nitrogen and oxygen atoms in total. The molecule has 0 bridgehead atoms. The first-order valence-corrected chi connectivity index (χ1v) is 3.28. The third-order valence-electron chi connectivity index (χ3n) is 1.42. The molecule has 0 atom stereocenters. The lowest BCUT2D eigenvalue weighted by Crippen LogP contribution is -1.91. The highest BCUT2D eigenvalue weighted by atomic mass is 35.5. The van der Waals surface area contributed by atoms with Crippen molar-refractivity contribution in [2.24, 2.45) is 0 Å². The summed E-state index contributed by atoms with van der Waals surface area (Å²) in [6.45, 7) is 3.40. The highest BCUT2D eigenvalue weighted by Crippen LogP contribution is 2.13. The van der Waals surface area contributed by atoms with E-state index in [0.29, 0.717) is 11.3 Å². The molecule has 1 rings (SSSR count). The Kier molecular flexibility index (Phi) is 1.90. The molecule has 3 heteroatoms. The summed E-state index contributed by atoms with van der Waals surface area (Å²) in [6, 6.07) is 1.21. The van der Waals surface area contributed by atoms with Crippen LogP contribution in [0.2, 0.25) is 5.15 Å². The van der Waals surface area contributed by atoms with Gasteiger partial charge in [0.05, 0.1) is 0 Å². The van der Waals surface area contributed by atoms with Gasteiger partial charge in [-0.15, -0.1) is 0 Å². The van der Waals surface area contributed by atoms with Crippen LogP contribution < -0.4 is 0 Å². The molecular formula is C7H7ClFN. The number of hydrogen-bond donors (Lipinski definition) is 0. The van der Waals surface area contributed by atoms with Gasteiger partial charge in [-0.3, -0.25) is 0 Å². The van der Waals surface area contributed by atoms with Gasteiger partial charge in [-0.2, -0.15) is 0 Å². The molecule has 0 aliphatic heterocycles. The minimum absolute atomic E-state index is 0.209. The number of hydrogen-bond acceptors (Lipinski definition) is 1. The Bertz CT molecular complexity index is 237. The van der Waals surface area contributed by atoms with E-state index in [2.05, 4.69) is 4.98 Å². The van der Waals surface area contributed by atoms with Crippen LogP contribution in [0, 0.1) is 19.7 Å². The summed E-state index contributed by atoms with van der Waals surface area (Å²) in [5.74, 6) is -0.294. The van der Waals surface area contributed by atoms with E-state index in [-0.39, 0.29) is 11.0 Å². The van der Waals surface area contributed by atoms with Crippen molar-refractivity contribution in [3.63, 3.8) is 0 Å². The molecule has 0 fully saturated rings. The Morgan fingerprint density at radius 1 is 1.50 bits per heavy atom. The van der Waals surface area contributed by atoms with Crippen LogP contribution in [0.3, 0.4) is 0 Å². The average molecular weight is 160 g/mol. The van der Waals surface area contributed by atoms with Crippen LogP contribution in [0.25, 0.3) is 0 Å². The standard InChI is InChI=1S/C7H7ClFN/c1-4-5(2)10-7(8)3-6(4)9/h3H,1-2H3. The predicted octanol–water partition coefficient (Wildman–Crippen LogP) is 2.49. The van der Waals surface area contributed by atoms with Crippen molar-refractivity contribution in [3.8, 4) is 0 Å². The molecule has 0 radical (unpaired) electrons. The number of rotatable bonds is 0. The largest absolute Gasteiger partial charge is 0.241 e. The van der Waals surface area contributed by atoms with Crippen LogP contribution in [0.1, 0.15) is 11.3 Å². The molecule has 10 heavy (non-hydrogen) atoms. The van der Waals surface area contributed by atoms with Crippen LogP contribution in [0.15, 0.2) is 6.07 Å². The highest BCUT2D eigenvalue weighted by molar-refractivity contribution is 6.29. The van der Waals surface area contributed by atoms with E-state index < -0.39 is 0 Å². The average Bonchev–Trinajstić information content (AvgIpc) is 1.82. The minimum Gasteiger partial charge on any atom is -0.241 e. The van der Waals surface area contributed by atoms with Gasteiger partial charge in [0.25, 0.3) is 0 Å². The normalized spacial score (nSPS) is 10.0. The van der Waals surface area contributed by atoms with Gasteiger partial charge in [-0.05, 0) is 13.8 Å². The van der Waals surface area contributed by atoms with Crippen LogP contribution in [-0.2, 0) is 0 Å².